The van der Waals surface area contributed by atoms with Crippen LogP contribution in [0.2, 0.25) is 0 Å². The van der Waals surface area contributed by atoms with Crippen molar-refractivity contribution in [2.75, 3.05) is 18.7 Å². The van der Waals surface area contributed by atoms with Crippen LogP contribution in [0.4, 0.5) is 10.5 Å². The van der Waals surface area contributed by atoms with Crippen molar-refractivity contribution in [3.63, 3.8) is 0 Å². The van der Waals surface area contributed by atoms with Gasteiger partial charge in [0.2, 0.25) is 0 Å². The van der Waals surface area contributed by atoms with Crippen molar-refractivity contribution < 1.29 is 19.4 Å². The number of aliphatic hydroxyl groups is 1. The first-order chi connectivity index (χ1) is 12.5. The molecule has 0 saturated carbocycles. The lowest BCUT2D eigenvalue weighted by molar-refractivity contribution is 0.0776. The first kappa shape index (κ1) is 19.7. The van der Waals surface area contributed by atoms with Crippen molar-refractivity contribution in [3.8, 4) is 0 Å². The van der Waals surface area contributed by atoms with E-state index in [-0.39, 0.29) is 6.61 Å². The van der Waals surface area contributed by atoms with E-state index in [0.717, 1.165) is 15.0 Å². The Labute approximate surface area is 156 Å². The highest BCUT2D eigenvalue weighted by molar-refractivity contribution is 6.24. The molecule has 0 bridgehead atoms. The predicted octanol–water partition coefficient (Wildman–Crippen LogP) is 2.33. The Kier molecular flexibility index (Phi) is 6.97. The van der Waals surface area contributed by atoms with E-state index in [1.54, 1.807) is 0 Å². The summed E-state index contributed by atoms with van der Waals surface area (Å²) >= 11 is 6.17. The maximum Gasteiger partial charge on any atom is 0.428 e. The van der Waals surface area contributed by atoms with E-state index >= 15 is 0 Å². The quantitative estimate of drug-likeness (QED) is 0.348. The number of hydrazine groups is 1. The first-order valence-electron chi connectivity index (χ1n) is 7.85. The molecule has 7 nitrogen and oxygen atoms in total. The van der Waals surface area contributed by atoms with E-state index < -0.39 is 18.0 Å². The smallest absolute Gasteiger partial charge is 0.428 e. The monoisotopic (exact) mass is 377 g/mol. The van der Waals surface area contributed by atoms with E-state index in [2.05, 4.69) is 4.74 Å². The number of hydrogen-bond donors (Lipinski definition) is 2. The van der Waals surface area contributed by atoms with Gasteiger partial charge < -0.3 is 9.84 Å². The molecule has 2 aromatic carbocycles. The maximum absolute atomic E-state index is 12.6. The van der Waals surface area contributed by atoms with Gasteiger partial charge in [0.05, 0.1) is 25.4 Å². The highest BCUT2D eigenvalue weighted by Crippen LogP contribution is 2.18. The zero-order chi connectivity index (χ0) is 19.1. The molecule has 0 aromatic heterocycles. The molecular formula is C18H20ClN3O4. The van der Waals surface area contributed by atoms with Crippen LogP contribution in [-0.2, 0) is 11.2 Å². The second-order valence-electron chi connectivity index (χ2n) is 5.53. The number of anilines is 1. The fourth-order valence-corrected chi connectivity index (χ4v) is 2.59. The summed E-state index contributed by atoms with van der Waals surface area (Å²) in [5.74, 6) is 5.13. The molecule has 3 N–H and O–H groups in total. The number of methoxy groups -OCH3 is 1. The third-order valence-corrected chi connectivity index (χ3v) is 4.23. The standard InChI is InChI=1S/C18H20ClN3O4/c1-26-18(25)22(20)15-9-7-14(8-10-15)17(24)21(19)16(12-23)11-13-5-3-2-4-6-13/h2-10,16,23H,11-12,20H2,1H3/t16-/m0/s1. The number of ether oxygens (including phenoxy) is 1. The molecule has 2 rings (SSSR count). The SMILES string of the molecule is COC(=O)N(N)c1ccc(C(=O)N(Cl)[C@H](CO)Cc2ccccc2)cc1. The van der Waals surface area contributed by atoms with Gasteiger partial charge in [-0.05, 0) is 36.2 Å². The van der Waals surface area contributed by atoms with Crippen molar-refractivity contribution in [2.24, 2.45) is 5.84 Å². The van der Waals surface area contributed by atoms with Crippen LogP contribution in [0.15, 0.2) is 54.6 Å². The third-order valence-electron chi connectivity index (χ3n) is 3.80. The molecule has 0 unspecified atom stereocenters. The zero-order valence-electron chi connectivity index (χ0n) is 14.2. The van der Waals surface area contributed by atoms with E-state index in [0.29, 0.717) is 17.7 Å². The zero-order valence-corrected chi connectivity index (χ0v) is 15.0. The second-order valence-corrected chi connectivity index (χ2v) is 5.89. The average molecular weight is 378 g/mol. The number of carbonyl (C=O) groups excluding carboxylic acids is 2. The van der Waals surface area contributed by atoms with E-state index in [1.807, 2.05) is 30.3 Å². The molecule has 2 aromatic rings. The number of nitrogens with zero attached hydrogens (tertiary/aromatic N) is 2. The number of aliphatic hydroxyl groups excluding tert-OH is 1. The number of hydrogen-bond acceptors (Lipinski definition) is 5. The van der Waals surface area contributed by atoms with Crippen LogP contribution in [-0.4, -0.2) is 41.3 Å². The number of nitrogens with two attached hydrogens (primary N) is 1. The molecule has 2 amide bonds. The lowest BCUT2D eigenvalue weighted by atomic mass is 10.1. The van der Waals surface area contributed by atoms with Crippen LogP contribution in [0.1, 0.15) is 15.9 Å². The molecule has 0 fully saturated rings. The Hall–Kier alpha value is -2.61. The van der Waals surface area contributed by atoms with Crippen LogP contribution < -0.4 is 10.9 Å². The van der Waals surface area contributed by atoms with Gasteiger partial charge in [-0.3, -0.25) is 4.79 Å². The molecule has 0 heterocycles. The Bertz CT molecular complexity index is 740. The first-order valence-corrected chi connectivity index (χ1v) is 8.18. The fourth-order valence-electron chi connectivity index (χ4n) is 2.36. The Balaban J connectivity index is 2.10. The highest BCUT2D eigenvalue weighted by Gasteiger charge is 2.23. The number of rotatable bonds is 6. The van der Waals surface area contributed by atoms with E-state index in [9.17, 15) is 14.7 Å². The summed E-state index contributed by atoms with van der Waals surface area (Å²) in [6.45, 7) is -0.277. The van der Waals surface area contributed by atoms with Gasteiger partial charge in [0.25, 0.3) is 5.91 Å². The average Bonchev–Trinajstić information content (AvgIpc) is 2.70. The molecule has 0 aliphatic rings. The summed E-state index contributed by atoms with van der Waals surface area (Å²) in [5, 5.41) is 10.4. The molecule has 8 heteroatoms. The molecule has 0 radical (unpaired) electrons. The van der Waals surface area contributed by atoms with E-state index in [1.165, 1.54) is 31.4 Å². The van der Waals surface area contributed by atoms with Gasteiger partial charge >= 0.3 is 6.09 Å². The normalized spacial score (nSPS) is 11.5. The summed E-state index contributed by atoms with van der Waals surface area (Å²) in [7, 11) is 1.22. The fraction of sp³-hybridized carbons (Fsp3) is 0.222. The molecule has 26 heavy (non-hydrogen) atoms. The number of amides is 2. The van der Waals surface area contributed by atoms with Gasteiger partial charge in [-0.15, -0.1) is 0 Å². The topological polar surface area (TPSA) is 96.1 Å². The summed E-state index contributed by atoms with van der Waals surface area (Å²) in [6.07, 6.45) is -0.310. The molecular weight excluding hydrogens is 358 g/mol. The van der Waals surface area contributed by atoms with Crippen molar-refractivity contribution in [3.05, 3.63) is 65.7 Å². The minimum Gasteiger partial charge on any atom is -0.452 e. The molecule has 1 atom stereocenters. The summed E-state index contributed by atoms with van der Waals surface area (Å²) in [5.41, 5.74) is 1.61. The van der Waals surface area contributed by atoms with Crippen LogP contribution in [0.5, 0.6) is 0 Å². The minimum atomic E-state index is -0.730. The highest BCUT2D eigenvalue weighted by atomic mass is 35.5. The largest absolute Gasteiger partial charge is 0.452 e. The lowest BCUT2D eigenvalue weighted by Gasteiger charge is -2.24. The second kappa shape index (κ2) is 9.19. The van der Waals surface area contributed by atoms with Crippen molar-refractivity contribution >= 4 is 29.5 Å². The van der Waals surface area contributed by atoms with Gasteiger partial charge in [0.1, 0.15) is 0 Å². The molecule has 0 aliphatic heterocycles. The van der Waals surface area contributed by atoms with Gasteiger partial charge in [-0.1, -0.05) is 30.3 Å². The van der Waals surface area contributed by atoms with Crippen LogP contribution >= 0.6 is 11.8 Å². The van der Waals surface area contributed by atoms with Gasteiger partial charge in [0, 0.05) is 17.3 Å². The molecule has 0 saturated heterocycles. The Morgan fingerprint density at radius 3 is 2.31 bits per heavy atom. The van der Waals surface area contributed by atoms with Crippen molar-refractivity contribution in [1.82, 2.24) is 4.42 Å². The third kappa shape index (κ3) is 4.72. The summed E-state index contributed by atoms with van der Waals surface area (Å²) in [4.78, 5) is 23.9. The maximum atomic E-state index is 12.6. The van der Waals surface area contributed by atoms with Gasteiger partial charge in [-0.25, -0.2) is 20.1 Å². The number of benzene rings is 2. The summed E-state index contributed by atoms with van der Waals surface area (Å²) < 4.78 is 5.51. The Morgan fingerprint density at radius 1 is 1.15 bits per heavy atom. The van der Waals surface area contributed by atoms with Crippen molar-refractivity contribution in [1.29, 1.82) is 0 Å². The minimum absolute atomic E-state index is 0.277. The van der Waals surface area contributed by atoms with Crippen LogP contribution in [0.3, 0.4) is 0 Å². The summed E-state index contributed by atoms with van der Waals surface area (Å²) in [6, 6.07) is 14.8. The number of halogens is 1. The Morgan fingerprint density at radius 2 is 1.77 bits per heavy atom. The van der Waals surface area contributed by atoms with Gasteiger partial charge in [-0.2, -0.15) is 0 Å². The van der Waals surface area contributed by atoms with Gasteiger partial charge in [0.15, 0.2) is 0 Å². The molecule has 0 spiro atoms. The molecule has 138 valence electrons. The van der Waals surface area contributed by atoms with Crippen molar-refractivity contribution in [2.45, 2.75) is 12.5 Å². The van der Waals surface area contributed by atoms with Crippen LogP contribution in [0, 0.1) is 0 Å². The lowest BCUT2D eigenvalue weighted by Crippen LogP contribution is -2.38. The van der Waals surface area contributed by atoms with E-state index in [4.69, 9.17) is 17.6 Å². The predicted molar refractivity (Wildman–Crippen MR) is 98.6 cm³/mol. The molecule has 0 aliphatic carbocycles. The number of carbonyl (C=O) groups is 2. The van der Waals surface area contributed by atoms with Crippen LogP contribution in [0.25, 0.3) is 0 Å².